The maximum Gasteiger partial charge on any atom is 0.167 e. The van der Waals surface area contributed by atoms with Crippen molar-refractivity contribution < 1.29 is 18.3 Å². The SMILES string of the molecule is COc1cccc(C(C#N)CCCOc2ccc(F)cc2F)c1. The van der Waals surface area contributed by atoms with Crippen molar-refractivity contribution in [1.82, 2.24) is 0 Å². The van der Waals surface area contributed by atoms with Gasteiger partial charge in [0.1, 0.15) is 11.6 Å². The number of benzene rings is 2. The highest BCUT2D eigenvalue weighted by Gasteiger charge is 2.12. The maximum atomic E-state index is 13.4. The lowest BCUT2D eigenvalue weighted by atomic mass is 9.96. The van der Waals surface area contributed by atoms with E-state index in [2.05, 4.69) is 6.07 Å². The molecule has 2 aromatic rings. The molecule has 3 nitrogen and oxygen atoms in total. The third-order valence-electron chi connectivity index (χ3n) is 3.44. The molecule has 0 saturated carbocycles. The van der Waals surface area contributed by atoms with E-state index < -0.39 is 11.6 Å². The fourth-order valence-corrected chi connectivity index (χ4v) is 2.23. The number of halogens is 2. The first-order chi connectivity index (χ1) is 11.1. The first kappa shape index (κ1) is 16.8. The van der Waals surface area contributed by atoms with E-state index in [9.17, 15) is 14.0 Å². The quantitative estimate of drug-likeness (QED) is 0.709. The second-order valence-electron chi connectivity index (χ2n) is 5.02. The molecule has 2 rings (SSSR count). The van der Waals surface area contributed by atoms with E-state index >= 15 is 0 Å². The molecule has 0 aliphatic rings. The number of ether oxygens (including phenoxy) is 2. The van der Waals surface area contributed by atoms with E-state index in [4.69, 9.17) is 9.47 Å². The first-order valence-corrected chi connectivity index (χ1v) is 7.25. The third-order valence-corrected chi connectivity index (χ3v) is 3.44. The minimum absolute atomic E-state index is 0.0151. The van der Waals surface area contributed by atoms with Crippen LogP contribution in [0.3, 0.4) is 0 Å². The number of hydrogen-bond acceptors (Lipinski definition) is 3. The zero-order valence-electron chi connectivity index (χ0n) is 12.8. The predicted octanol–water partition coefficient (Wildman–Crippen LogP) is 4.44. The molecule has 0 aromatic heterocycles. The molecule has 1 unspecified atom stereocenters. The summed E-state index contributed by atoms with van der Waals surface area (Å²) in [5.74, 6) is -0.938. The molecule has 0 amide bonds. The average molecular weight is 317 g/mol. The van der Waals surface area contributed by atoms with Crippen molar-refractivity contribution in [2.45, 2.75) is 18.8 Å². The molecule has 0 fully saturated rings. The van der Waals surface area contributed by atoms with Gasteiger partial charge in [0.2, 0.25) is 0 Å². The molecule has 0 saturated heterocycles. The summed E-state index contributed by atoms with van der Waals surface area (Å²) in [7, 11) is 1.57. The summed E-state index contributed by atoms with van der Waals surface area (Å²) in [6.45, 7) is 0.255. The van der Waals surface area contributed by atoms with Crippen molar-refractivity contribution in [2.24, 2.45) is 0 Å². The van der Waals surface area contributed by atoms with E-state index in [0.29, 0.717) is 18.6 Å². The largest absolute Gasteiger partial charge is 0.497 e. The molecule has 0 radical (unpaired) electrons. The Hall–Kier alpha value is -2.61. The number of rotatable bonds is 7. The van der Waals surface area contributed by atoms with Crippen LogP contribution in [0.15, 0.2) is 42.5 Å². The van der Waals surface area contributed by atoms with Gasteiger partial charge in [-0.05, 0) is 42.7 Å². The zero-order chi connectivity index (χ0) is 16.7. The third kappa shape index (κ3) is 4.68. The molecule has 5 heteroatoms. The summed E-state index contributed by atoms with van der Waals surface area (Å²) >= 11 is 0. The van der Waals surface area contributed by atoms with Gasteiger partial charge in [-0.3, -0.25) is 0 Å². The Balaban J connectivity index is 1.87. The summed E-state index contributed by atoms with van der Waals surface area (Å²) in [5, 5.41) is 9.30. The highest BCUT2D eigenvalue weighted by Crippen LogP contribution is 2.25. The normalized spacial score (nSPS) is 11.6. The molecular formula is C18H17F2NO2. The van der Waals surface area contributed by atoms with E-state index in [0.717, 1.165) is 17.7 Å². The Morgan fingerprint density at radius 3 is 2.70 bits per heavy atom. The van der Waals surface area contributed by atoms with Crippen molar-refractivity contribution in [2.75, 3.05) is 13.7 Å². The van der Waals surface area contributed by atoms with Crippen molar-refractivity contribution in [3.63, 3.8) is 0 Å². The van der Waals surface area contributed by atoms with Crippen LogP contribution in [0.4, 0.5) is 8.78 Å². The van der Waals surface area contributed by atoms with Crippen LogP contribution in [0.5, 0.6) is 11.5 Å². The average Bonchev–Trinajstić information content (AvgIpc) is 2.56. The molecule has 0 heterocycles. The molecule has 0 aliphatic heterocycles. The van der Waals surface area contributed by atoms with E-state index in [1.807, 2.05) is 24.3 Å². The fourth-order valence-electron chi connectivity index (χ4n) is 2.23. The van der Waals surface area contributed by atoms with Gasteiger partial charge in [0, 0.05) is 6.07 Å². The van der Waals surface area contributed by atoms with Gasteiger partial charge in [0.25, 0.3) is 0 Å². The summed E-state index contributed by atoms with van der Waals surface area (Å²) < 4.78 is 36.7. The van der Waals surface area contributed by atoms with Gasteiger partial charge in [-0.15, -0.1) is 0 Å². The van der Waals surface area contributed by atoms with Crippen LogP contribution in [0, 0.1) is 23.0 Å². The Labute approximate surface area is 134 Å². The Morgan fingerprint density at radius 2 is 2.00 bits per heavy atom. The first-order valence-electron chi connectivity index (χ1n) is 7.25. The van der Waals surface area contributed by atoms with Crippen LogP contribution in [0.25, 0.3) is 0 Å². The number of nitrogens with zero attached hydrogens (tertiary/aromatic N) is 1. The standard InChI is InChI=1S/C18H17F2NO2/c1-22-16-6-2-4-13(10-16)14(12-21)5-3-9-23-18-8-7-15(19)11-17(18)20/h2,4,6-8,10-11,14H,3,5,9H2,1H3. The summed E-state index contributed by atoms with van der Waals surface area (Å²) in [6.07, 6.45) is 1.15. The molecule has 2 aromatic carbocycles. The van der Waals surface area contributed by atoms with Crippen LogP contribution in [-0.2, 0) is 0 Å². The van der Waals surface area contributed by atoms with Crippen molar-refractivity contribution in [3.8, 4) is 17.6 Å². The van der Waals surface area contributed by atoms with Crippen LogP contribution in [-0.4, -0.2) is 13.7 Å². The second kappa shape index (κ2) is 8.14. The van der Waals surface area contributed by atoms with Crippen molar-refractivity contribution >= 4 is 0 Å². The van der Waals surface area contributed by atoms with Crippen molar-refractivity contribution in [1.29, 1.82) is 5.26 Å². The van der Waals surface area contributed by atoms with Gasteiger partial charge < -0.3 is 9.47 Å². The lowest BCUT2D eigenvalue weighted by Gasteiger charge is -2.12. The molecule has 120 valence electrons. The Morgan fingerprint density at radius 1 is 1.17 bits per heavy atom. The molecule has 0 aliphatic carbocycles. The molecular weight excluding hydrogens is 300 g/mol. The minimum Gasteiger partial charge on any atom is -0.497 e. The number of hydrogen-bond donors (Lipinski definition) is 0. The summed E-state index contributed by atoms with van der Waals surface area (Å²) in [4.78, 5) is 0. The molecule has 0 spiro atoms. The van der Waals surface area contributed by atoms with Gasteiger partial charge >= 0.3 is 0 Å². The Kier molecular flexibility index (Phi) is 5.93. The highest BCUT2D eigenvalue weighted by atomic mass is 19.1. The van der Waals surface area contributed by atoms with Crippen molar-refractivity contribution in [3.05, 3.63) is 59.7 Å². The zero-order valence-corrected chi connectivity index (χ0v) is 12.8. The minimum atomic E-state index is -0.727. The second-order valence-corrected chi connectivity index (χ2v) is 5.02. The van der Waals surface area contributed by atoms with E-state index in [1.54, 1.807) is 7.11 Å². The van der Waals surface area contributed by atoms with Crippen LogP contribution in [0.1, 0.15) is 24.3 Å². The van der Waals surface area contributed by atoms with Crippen LogP contribution < -0.4 is 9.47 Å². The van der Waals surface area contributed by atoms with Crippen LogP contribution in [0.2, 0.25) is 0 Å². The highest BCUT2D eigenvalue weighted by molar-refractivity contribution is 5.33. The molecule has 0 N–H and O–H groups in total. The molecule has 0 bridgehead atoms. The number of methoxy groups -OCH3 is 1. The summed E-state index contributed by atoms with van der Waals surface area (Å²) in [5.41, 5.74) is 0.875. The lowest BCUT2D eigenvalue weighted by Crippen LogP contribution is -2.03. The predicted molar refractivity (Wildman–Crippen MR) is 82.4 cm³/mol. The van der Waals surface area contributed by atoms with Gasteiger partial charge in [-0.2, -0.15) is 5.26 Å². The van der Waals surface area contributed by atoms with Gasteiger partial charge in [0.05, 0.1) is 25.7 Å². The fraction of sp³-hybridized carbons (Fsp3) is 0.278. The van der Waals surface area contributed by atoms with Gasteiger partial charge in [0.15, 0.2) is 11.6 Å². The number of nitriles is 1. The monoisotopic (exact) mass is 317 g/mol. The lowest BCUT2D eigenvalue weighted by molar-refractivity contribution is 0.289. The Bertz CT molecular complexity index is 698. The topological polar surface area (TPSA) is 42.2 Å². The van der Waals surface area contributed by atoms with Gasteiger partial charge in [-0.1, -0.05) is 12.1 Å². The smallest absolute Gasteiger partial charge is 0.167 e. The van der Waals surface area contributed by atoms with Gasteiger partial charge in [-0.25, -0.2) is 8.78 Å². The maximum absolute atomic E-state index is 13.4. The van der Waals surface area contributed by atoms with Crippen LogP contribution >= 0.6 is 0 Å². The van der Waals surface area contributed by atoms with E-state index in [1.165, 1.54) is 6.07 Å². The summed E-state index contributed by atoms with van der Waals surface area (Å²) in [6, 6.07) is 12.8. The molecule has 23 heavy (non-hydrogen) atoms. The molecule has 1 atom stereocenters. The van der Waals surface area contributed by atoms with E-state index in [-0.39, 0.29) is 18.3 Å².